The van der Waals surface area contributed by atoms with Crippen molar-refractivity contribution >= 4 is 29.8 Å². The summed E-state index contributed by atoms with van der Waals surface area (Å²) < 4.78 is 10.2. The van der Waals surface area contributed by atoms with Crippen LogP contribution in [0.3, 0.4) is 0 Å². The van der Waals surface area contributed by atoms with Crippen molar-refractivity contribution in [1.82, 2.24) is 15.5 Å². The molecule has 1 aliphatic carbocycles. The van der Waals surface area contributed by atoms with Gasteiger partial charge in [0, 0.05) is 19.0 Å². The minimum absolute atomic E-state index is 0.0150. The molecule has 4 amide bonds. The zero-order valence-corrected chi connectivity index (χ0v) is 22.9. The first-order valence-electron chi connectivity index (χ1n) is 12.9. The van der Waals surface area contributed by atoms with Gasteiger partial charge < -0.3 is 30.7 Å². The lowest BCUT2D eigenvalue weighted by Gasteiger charge is -2.34. The number of carbonyl (C=O) groups excluding carboxylic acids is 5. The Morgan fingerprint density at radius 1 is 1.13 bits per heavy atom. The Kier molecular flexibility index (Phi) is 11.1. The second kappa shape index (κ2) is 13.8. The highest BCUT2D eigenvalue weighted by Crippen LogP contribution is 2.36. The van der Waals surface area contributed by atoms with E-state index < -0.39 is 47.5 Å². The molecule has 11 nitrogen and oxygen atoms in total. The van der Waals surface area contributed by atoms with Gasteiger partial charge in [-0.05, 0) is 59.4 Å². The first-order valence-corrected chi connectivity index (χ1v) is 12.9. The normalized spacial score (nSPS) is 14.6. The molecule has 2 unspecified atom stereocenters. The van der Waals surface area contributed by atoms with Gasteiger partial charge in [0.2, 0.25) is 17.7 Å². The largest absolute Gasteiger partial charge is 0.466 e. The lowest BCUT2D eigenvalue weighted by molar-refractivity contribution is -0.145. The third-order valence-electron chi connectivity index (χ3n) is 5.68. The molecule has 1 aliphatic rings. The van der Waals surface area contributed by atoms with E-state index in [1.54, 1.807) is 39.8 Å². The maximum absolute atomic E-state index is 14.0. The molecule has 0 heterocycles. The first kappa shape index (κ1) is 30.6. The number of amides is 4. The van der Waals surface area contributed by atoms with E-state index in [9.17, 15) is 24.0 Å². The average molecular weight is 533 g/mol. The Labute approximate surface area is 223 Å². The van der Waals surface area contributed by atoms with Crippen molar-refractivity contribution in [2.45, 2.75) is 90.4 Å². The van der Waals surface area contributed by atoms with Gasteiger partial charge in [0.05, 0.1) is 13.0 Å². The number of benzene rings is 1. The van der Waals surface area contributed by atoms with Gasteiger partial charge in [-0.25, -0.2) is 4.79 Å². The summed E-state index contributed by atoms with van der Waals surface area (Å²) >= 11 is 0. The summed E-state index contributed by atoms with van der Waals surface area (Å²) in [6.45, 7) is 8.92. The topological polar surface area (TPSA) is 157 Å². The monoisotopic (exact) mass is 532 g/mol. The highest BCUT2D eigenvalue weighted by Gasteiger charge is 2.44. The van der Waals surface area contributed by atoms with Crippen LogP contribution in [-0.2, 0) is 28.7 Å². The summed E-state index contributed by atoms with van der Waals surface area (Å²) in [6, 6.07) is 4.85. The van der Waals surface area contributed by atoms with E-state index in [4.69, 9.17) is 15.2 Å². The van der Waals surface area contributed by atoms with Crippen molar-refractivity contribution in [3.05, 3.63) is 35.4 Å². The Morgan fingerprint density at radius 2 is 1.82 bits per heavy atom. The molecule has 38 heavy (non-hydrogen) atoms. The fraction of sp³-hybridized carbons (Fsp3) is 0.593. The third kappa shape index (κ3) is 10.0. The summed E-state index contributed by atoms with van der Waals surface area (Å²) in [7, 11) is 0. The van der Waals surface area contributed by atoms with E-state index >= 15 is 0 Å². The molecule has 1 saturated carbocycles. The maximum atomic E-state index is 14.0. The van der Waals surface area contributed by atoms with Gasteiger partial charge in [-0.3, -0.25) is 19.2 Å². The minimum Gasteiger partial charge on any atom is -0.466 e. The van der Waals surface area contributed by atoms with Gasteiger partial charge in [0.15, 0.2) is 0 Å². The first-order chi connectivity index (χ1) is 17.8. The van der Waals surface area contributed by atoms with Gasteiger partial charge >= 0.3 is 12.1 Å². The third-order valence-corrected chi connectivity index (χ3v) is 5.68. The molecular formula is C27H40N4O7. The van der Waals surface area contributed by atoms with E-state index in [0.29, 0.717) is 18.4 Å². The smallest absolute Gasteiger partial charge is 0.408 e. The van der Waals surface area contributed by atoms with Crippen molar-refractivity contribution in [1.29, 1.82) is 0 Å². The molecular weight excluding hydrogens is 492 g/mol. The molecule has 11 heteroatoms. The van der Waals surface area contributed by atoms with E-state index in [2.05, 4.69) is 10.6 Å². The molecule has 1 aromatic rings. The molecule has 0 aliphatic heterocycles. The van der Waals surface area contributed by atoms with Gasteiger partial charge in [0.1, 0.15) is 17.7 Å². The van der Waals surface area contributed by atoms with Crippen LogP contribution >= 0.6 is 0 Å². The number of esters is 1. The minimum atomic E-state index is -1.14. The number of nitrogens with one attached hydrogen (secondary N) is 2. The van der Waals surface area contributed by atoms with Crippen LogP contribution in [0.4, 0.5) is 4.79 Å². The van der Waals surface area contributed by atoms with E-state index in [1.165, 1.54) is 4.90 Å². The van der Waals surface area contributed by atoms with Crippen molar-refractivity contribution in [2.75, 3.05) is 13.2 Å². The van der Waals surface area contributed by atoms with Crippen LogP contribution in [0.5, 0.6) is 0 Å². The number of nitrogens with zero attached hydrogens (tertiary/aromatic N) is 1. The lowest BCUT2D eigenvalue weighted by Crippen LogP contribution is -2.54. The molecule has 4 N–H and O–H groups in total. The van der Waals surface area contributed by atoms with Gasteiger partial charge in [-0.2, -0.15) is 0 Å². The van der Waals surface area contributed by atoms with Crippen LogP contribution in [0.2, 0.25) is 0 Å². The predicted octanol–water partition coefficient (Wildman–Crippen LogP) is 2.26. The van der Waals surface area contributed by atoms with Crippen molar-refractivity contribution < 1.29 is 33.4 Å². The highest BCUT2D eigenvalue weighted by atomic mass is 16.6. The fourth-order valence-corrected chi connectivity index (χ4v) is 3.94. The molecule has 0 spiro atoms. The Hall–Kier alpha value is -3.63. The molecule has 1 aromatic carbocycles. The van der Waals surface area contributed by atoms with Gasteiger partial charge in [-0.15, -0.1) is 0 Å². The molecule has 0 radical (unpaired) electrons. The zero-order chi connectivity index (χ0) is 28.5. The summed E-state index contributed by atoms with van der Waals surface area (Å²) in [4.78, 5) is 64.8. The lowest BCUT2D eigenvalue weighted by atomic mass is 9.99. The summed E-state index contributed by atoms with van der Waals surface area (Å²) in [5.74, 6) is -2.06. The standard InChI is InChI=1S/C27H40N4O7/c1-6-37-22(33)14-15-29-24(34)23(18-9-7-8-17(2)16-18)31(19-10-11-19)25(35)20(12-13-21(28)32)30-26(36)38-27(3,4)5/h7-9,16,19-20,23H,6,10-15H2,1-5H3,(H2,28,32)(H,29,34)(H,30,36). The number of nitrogens with two attached hydrogens (primary N) is 1. The second-order valence-electron chi connectivity index (χ2n) is 10.3. The number of carbonyl (C=O) groups is 5. The van der Waals surface area contributed by atoms with Crippen LogP contribution in [-0.4, -0.2) is 65.5 Å². The Balaban J connectivity index is 2.38. The second-order valence-corrected chi connectivity index (χ2v) is 10.3. The number of hydrogen-bond donors (Lipinski definition) is 3. The number of primary amides is 1. The Morgan fingerprint density at radius 3 is 2.37 bits per heavy atom. The number of aryl methyl sites for hydroxylation is 1. The van der Waals surface area contributed by atoms with Crippen molar-refractivity contribution in [3.8, 4) is 0 Å². The van der Waals surface area contributed by atoms with E-state index in [-0.39, 0.29) is 38.5 Å². The van der Waals surface area contributed by atoms with Crippen LogP contribution in [0.25, 0.3) is 0 Å². The van der Waals surface area contributed by atoms with Crippen molar-refractivity contribution in [2.24, 2.45) is 5.73 Å². The molecule has 1 fully saturated rings. The predicted molar refractivity (Wildman–Crippen MR) is 140 cm³/mol. The molecule has 0 aromatic heterocycles. The number of hydrogen-bond acceptors (Lipinski definition) is 7. The number of rotatable bonds is 13. The van der Waals surface area contributed by atoms with Crippen molar-refractivity contribution in [3.63, 3.8) is 0 Å². The highest BCUT2D eigenvalue weighted by molar-refractivity contribution is 5.93. The molecule has 210 valence electrons. The number of alkyl carbamates (subject to hydrolysis) is 1. The van der Waals surface area contributed by atoms with E-state index in [1.807, 2.05) is 19.1 Å². The fourth-order valence-electron chi connectivity index (χ4n) is 3.94. The average Bonchev–Trinajstić information content (AvgIpc) is 3.63. The van der Waals surface area contributed by atoms with Crippen LogP contribution < -0.4 is 16.4 Å². The molecule has 0 saturated heterocycles. The van der Waals surface area contributed by atoms with Crippen LogP contribution in [0, 0.1) is 6.92 Å². The quantitative estimate of drug-likeness (QED) is 0.329. The summed E-state index contributed by atoms with van der Waals surface area (Å²) in [6.07, 6.45) is 0.326. The van der Waals surface area contributed by atoms with Gasteiger partial charge in [-0.1, -0.05) is 29.8 Å². The van der Waals surface area contributed by atoms with Gasteiger partial charge in [0.25, 0.3) is 0 Å². The molecule has 0 bridgehead atoms. The summed E-state index contributed by atoms with van der Waals surface area (Å²) in [5, 5.41) is 5.32. The Bertz CT molecular complexity index is 1020. The molecule has 2 atom stereocenters. The van der Waals surface area contributed by atoms with E-state index in [0.717, 1.165) is 5.56 Å². The number of ether oxygens (including phenoxy) is 2. The SMILES string of the molecule is CCOC(=O)CCNC(=O)C(c1cccc(C)c1)N(C(=O)C(CCC(N)=O)NC(=O)OC(C)(C)C)C1CC1. The van der Waals surface area contributed by atoms with Crippen LogP contribution in [0.15, 0.2) is 24.3 Å². The zero-order valence-electron chi connectivity index (χ0n) is 22.9. The molecule has 2 rings (SSSR count). The summed E-state index contributed by atoms with van der Waals surface area (Å²) in [5.41, 5.74) is 6.01. The van der Waals surface area contributed by atoms with Crippen LogP contribution in [0.1, 0.15) is 77.0 Å². The maximum Gasteiger partial charge on any atom is 0.408 e.